The predicted octanol–water partition coefficient (Wildman–Crippen LogP) is 6.69. The Hall–Kier alpha value is -2.00. The van der Waals surface area contributed by atoms with Crippen molar-refractivity contribution < 1.29 is 0 Å². The van der Waals surface area contributed by atoms with E-state index in [4.69, 9.17) is 0 Å². The third-order valence-corrected chi connectivity index (χ3v) is 6.44. The summed E-state index contributed by atoms with van der Waals surface area (Å²) in [5.74, 6) is 8.57. The maximum absolute atomic E-state index is 3.39. The first-order chi connectivity index (χ1) is 12.4. The molecule has 0 aromatic heterocycles. The van der Waals surface area contributed by atoms with E-state index < -0.39 is 0 Å². The summed E-state index contributed by atoms with van der Waals surface area (Å²) in [4.78, 5) is 0. The van der Waals surface area contributed by atoms with Gasteiger partial charge in [0.25, 0.3) is 0 Å². The monoisotopic (exact) mass is 344 g/mol. The zero-order valence-electron chi connectivity index (χ0n) is 17.1. The van der Waals surface area contributed by atoms with E-state index in [0.29, 0.717) is 0 Å². The second-order valence-corrected chi connectivity index (χ2v) is 8.39. The number of benzene rings is 2. The molecule has 0 aliphatic heterocycles. The second kappa shape index (κ2) is 8.13. The van der Waals surface area contributed by atoms with Crippen molar-refractivity contribution in [1.29, 1.82) is 0 Å². The highest BCUT2D eigenvalue weighted by Gasteiger charge is 2.18. The summed E-state index contributed by atoms with van der Waals surface area (Å²) < 4.78 is 0. The van der Waals surface area contributed by atoms with Gasteiger partial charge in [-0.3, -0.25) is 0 Å². The molecule has 2 aromatic rings. The number of aryl methyl sites for hydroxylation is 1. The quantitative estimate of drug-likeness (QED) is 0.532. The van der Waals surface area contributed by atoms with Crippen LogP contribution in [0.2, 0.25) is 0 Å². The van der Waals surface area contributed by atoms with Gasteiger partial charge in [-0.2, -0.15) is 0 Å². The molecule has 0 bridgehead atoms. The Kier molecular flexibility index (Phi) is 5.87. The molecule has 0 saturated heterocycles. The molecule has 0 spiro atoms. The zero-order valence-corrected chi connectivity index (χ0v) is 17.1. The van der Waals surface area contributed by atoms with Crippen LogP contribution in [0.3, 0.4) is 0 Å². The molecule has 1 saturated carbocycles. The highest BCUT2D eigenvalue weighted by atomic mass is 14.2. The first kappa shape index (κ1) is 18.8. The molecular formula is C26H32. The van der Waals surface area contributed by atoms with Crippen molar-refractivity contribution in [2.75, 3.05) is 0 Å². The van der Waals surface area contributed by atoms with E-state index >= 15 is 0 Å². The molecule has 1 aliphatic rings. The van der Waals surface area contributed by atoms with Crippen LogP contribution in [0.4, 0.5) is 0 Å². The third-order valence-electron chi connectivity index (χ3n) is 6.44. The summed E-state index contributed by atoms with van der Waals surface area (Å²) >= 11 is 0. The fourth-order valence-electron chi connectivity index (χ4n) is 4.07. The standard InChI is InChI=1S/C26H32/c1-18-6-8-24(9-7-18)17-25-12-10-23(11-13-25)14-15-26-16-19(2)20(3)21(4)22(26)5/h10-13,16,18,24H,6-9,17H2,1-5H3. The third kappa shape index (κ3) is 4.39. The Morgan fingerprint density at radius 3 is 2.12 bits per heavy atom. The SMILES string of the molecule is Cc1cc(C#Cc2ccc(CC3CCC(C)CC3)cc2)c(C)c(C)c1C. The predicted molar refractivity (Wildman–Crippen MR) is 113 cm³/mol. The molecule has 0 heterocycles. The van der Waals surface area contributed by atoms with Gasteiger partial charge in [0, 0.05) is 11.1 Å². The first-order valence-electron chi connectivity index (χ1n) is 10.1. The first-order valence-corrected chi connectivity index (χ1v) is 10.1. The fourth-order valence-corrected chi connectivity index (χ4v) is 4.07. The van der Waals surface area contributed by atoms with Crippen molar-refractivity contribution in [2.45, 2.75) is 66.7 Å². The van der Waals surface area contributed by atoms with E-state index in [0.717, 1.165) is 23.0 Å². The summed E-state index contributed by atoms with van der Waals surface area (Å²) in [5.41, 5.74) is 9.12. The van der Waals surface area contributed by atoms with E-state index in [-0.39, 0.29) is 0 Å². The lowest BCUT2D eigenvalue weighted by Crippen LogP contribution is -2.14. The lowest BCUT2D eigenvalue weighted by Gasteiger charge is -2.26. The minimum atomic E-state index is 0.879. The molecule has 0 unspecified atom stereocenters. The molecule has 1 aliphatic carbocycles. The Bertz CT molecular complexity index is 819. The van der Waals surface area contributed by atoms with E-state index in [1.807, 2.05) is 0 Å². The van der Waals surface area contributed by atoms with Crippen molar-refractivity contribution >= 4 is 0 Å². The van der Waals surface area contributed by atoms with Crippen LogP contribution in [-0.4, -0.2) is 0 Å². The highest BCUT2D eigenvalue weighted by Crippen LogP contribution is 2.30. The summed E-state index contributed by atoms with van der Waals surface area (Å²) in [6.45, 7) is 11.1. The Labute approximate surface area is 160 Å². The van der Waals surface area contributed by atoms with Gasteiger partial charge in [0.1, 0.15) is 0 Å². The molecule has 1 fully saturated rings. The lowest BCUT2D eigenvalue weighted by atomic mass is 9.80. The maximum Gasteiger partial charge on any atom is 0.0283 e. The molecule has 0 N–H and O–H groups in total. The number of hydrogen-bond acceptors (Lipinski definition) is 0. The average Bonchev–Trinajstić information content (AvgIpc) is 2.65. The second-order valence-electron chi connectivity index (χ2n) is 8.39. The molecule has 26 heavy (non-hydrogen) atoms. The molecule has 0 atom stereocenters. The van der Waals surface area contributed by atoms with Crippen LogP contribution in [-0.2, 0) is 6.42 Å². The molecule has 0 radical (unpaired) electrons. The largest absolute Gasteiger partial charge is 0.0625 e. The molecule has 2 aromatic carbocycles. The Balaban J connectivity index is 1.70. The smallest absolute Gasteiger partial charge is 0.0283 e. The molecule has 0 amide bonds. The van der Waals surface area contributed by atoms with Crippen LogP contribution in [0.25, 0.3) is 0 Å². The van der Waals surface area contributed by atoms with Crippen molar-refractivity contribution in [3.63, 3.8) is 0 Å². The van der Waals surface area contributed by atoms with Gasteiger partial charge in [-0.1, -0.05) is 43.7 Å². The molecule has 3 rings (SSSR count). The number of hydrogen-bond donors (Lipinski definition) is 0. The van der Waals surface area contributed by atoms with E-state index in [9.17, 15) is 0 Å². The summed E-state index contributed by atoms with van der Waals surface area (Å²) in [6, 6.07) is 11.2. The van der Waals surface area contributed by atoms with Gasteiger partial charge in [-0.15, -0.1) is 0 Å². The van der Waals surface area contributed by atoms with Gasteiger partial charge < -0.3 is 0 Å². The van der Waals surface area contributed by atoms with E-state index in [1.165, 1.54) is 59.9 Å². The van der Waals surface area contributed by atoms with Gasteiger partial charge >= 0.3 is 0 Å². The van der Waals surface area contributed by atoms with Crippen LogP contribution in [0.15, 0.2) is 30.3 Å². The zero-order chi connectivity index (χ0) is 18.7. The van der Waals surface area contributed by atoms with Crippen molar-refractivity contribution in [1.82, 2.24) is 0 Å². The van der Waals surface area contributed by atoms with Gasteiger partial charge in [-0.05, 0) is 105 Å². The van der Waals surface area contributed by atoms with Crippen molar-refractivity contribution in [3.8, 4) is 11.8 Å². The Morgan fingerprint density at radius 1 is 0.808 bits per heavy atom. The molecule has 0 nitrogen and oxygen atoms in total. The molecular weight excluding hydrogens is 312 g/mol. The minimum Gasteiger partial charge on any atom is -0.0625 e. The van der Waals surface area contributed by atoms with E-state index in [2.05, 4.69) is 76.8 Å². The van der Waals surface area contributed by atoms with Crippen molar-refractivity contribution in [3.05, 3.63) is 69.3 Å². The van der Waals surface area contributed by atoms with E-state index in [1.54, 1.807) is 0 Å². The van der Waals surface area contributed by atoms with Gasteiger partial charge in [-0.25, -0.2) is 0 Å². The Morgan fingerprint density at radius 2 is 1.46 bits per heavy atom. The van der Waals surface area contributed by atoms with Crippen molar-refractivity contribution in [2.24, 2.45) is 11.8 Å². The van der Waals surface area contributed by atoms with Gasteiger partial charge in [0.2, 0.25) is 0 Å². The van der Waals surface area contributed by atoms with Gasteiger partial charge in [0.15, 0.2) is 0 Å². The number of rotatable bonds is 2. The van der Waals surface area contributed by atoms with Crippen LogP contribution >= 0.6 is 0 Å². The highest BCUT2D eigenvalue weighted by molar-refractivity contribution is 5.53. The maximum atomic E-state index is 3.39. The van der Waals surface area contributed by atoms with Crippen LogP contribution in [0.5, 0.6) is 0 Å². The van der Waals surface area contributed by atoms with Crippen LogP contribution < -0.4 is 0 Å². The average molecular weight is 345 g/mol. The lowest BCUT2D eigenvalue weighted by molar-refractivity contribution is 0.289. The summed E-state index contributed by atoms with van der Waals surface area (Å²) in [6.07, 6.45) is 6.84. The summed E-state index contributed by atoms with van der Waals surface area (Å²) in [7, 11) is 0. The normalized spacial score (nSPS) is 19.7. The topological polar surface area (TPSA) is 0 Å². The molecule has 136 valence electrons. The van der Waals surface area contributed by atoms with Crippen LogP contribution in [0.1, 0.15) is 71.6 Å². The van der Waals surface area contributed by atoms with Crippen LogP contribution in [0, 0.1) is 51.4 Å². The minimum absolute atomic E-state index is 0.879. The fraction of sp³-hybridized carbons (Fsp3) is 0.462. The molecule has 0 heteroatoms. The summed E-state index contributed by atoms with van der Waals surface area (Å²) in [5, 5.41) is 0. The van der Waals surface area contributed by atoms with Gasteiger partial charge in [0.05, 0.1) is 0 Å².